The Hall–Kier alpha value is -1.04. The van der Waals surface area contributed by atoms with E-state index in [0.29, 0.717) is 18.5 Å². The fraction of sp³-hybridized carbons (Fsp3) is 0.625. The predicted molar refractivity (Wildman–Crippen MR) is 81.2 cm³/mol. The van der Waals surface area contributed by atoms with Gasteiger partial charge in [-0.3, -0.25) is 0 Å². The number of hydrogen-bond donors (Lipinski definition) is 1. The van der Waals surface area contributed by atoms with Crippen LogP contribution >= 0.6 is 0 Å². The summed E-state index contributed by atoms with van der Waals surface area (Å²) in [7, 11) is 4.04. The zero-order chi connectivity index (χ0) is 15.8. The molecule has 1 aromatic rings. The number of aliphatic hydroxyl groups is 1. The van der Waals surface area contributed by atoms with Crippen LogP contribution in [0.25, 0.3) is 0 Å². The summed E-state index contributed by atoms with van der Waals surface area (Å²) in [6.07, 6.45) is 0.669. The van der Waals surface area contributed by atoms with E-state index in [1.54, 1.807) is 0 Å². The lowest BCUT2D eigenvalue weighted by molar-refractivity contribution is 0.138. The first-order valence-electron chi connectivity index (χ1n) is 7.43. The fourth-order valence-electron chi connectivity index (χ4n) is 2.23. The third-order valence-corrected chi connectivity index (χ3v) is 3.39. The van der Waals surface area contributed by atoms with Crippen molar-refractivity contribution in [3.8, 4) is 0 Å². The molecule has 120 valence electrons. The Balaban J connectivity index is 2.53. The van der Waals surface area contributed by atoms with Crippen LogP contribution in [0, 0.1) is 11.6 Å². The zero-order valence-electron chi connectivity index (χ0n) is 13.1. The number of rotatable bonds is 9. The van der Waals surface area contributed by atoms with Crippen LogP contribution in [0.2, 0.25) is 0 Å². The van der Waals surface area contributed by atoms with E-state index in [1.165, 1.54) is 12.1 Å². The van der Waals surface area contributed by atoms with E-state index in [1.807, 2.05) is 14.1 Å². The molecular weight excluding hydrogens is 274 g/mol. The van der Waals surface area contributed by atoms with Crippen molar-refractivity contribution in [2.75, 3.05) is 40.3 Å². The standard InChI is InChI=1S/C16H26F2N2O/c1-4-6-20(9-8-19(2)3)7-5-16(21)13-10-14(17)12-15(18)11-13/h10-12,16,21H,4-9H2,1-3H3. The van der Waals surface area contributed by atoms with Crippen molar-refractivity contribution in [1.82, 2.24) is 9.80 Å². The molecule has 1 atom stereocenters. The lowest BCUT2D eigenvalue weighted by atomic mass is 10.1. The van der Waals surface area contributed by atoms with Crippen LogP contribution in [0.4, 0.5) is 8.78 Å². The summed E-state index contributed by atoms with van der Waals surface area (Å²) in [4.78, 5) is 4.37. The van der Waals surface area contributed by atoms with Crippen molar-refractivity contribution in [3.63, 3.8) is 0 Å². The maximum atomic E-state index is 13.2. The number of hydrogen-bond acceptors (Lipinski definition) is 3. The molecule has 0 saturated carbocycles. The van der Waals surface area contributed by atoms with E-state index in [2.05, 4.69) is 16.7 Å². The van der Waals surface area contributed by atoms with Crippen molar-refractivity contribution in [1.29, 1.82) is 0 Å². The van der Waals surface area contributed by atoms with Gasteiger partial charge < -0.3 is 14.9 Å². The molecule has 0 heterocycles. The van der Waals surface area contributed by atoms with Crippen molar-refractivity contribution in [2.24, 2.45) is 0 Å². The van der Waals surface area contributed by atoms with Crippen molar-refractivity contribution < 1.29 is 13.9 Å². The number of likely N-dealkylation sites (N-methyl/N-ethyl adjacent to an activating group) is 1. The van der Waals surface area contributed by atoms with Gasteiger partial charge in [-0.2, -0.15) is 0 Å². The van der Waals surface area contributed by atoms with Crippen LogP contribution < -0.4 is 0 Å². The van der Waals surface area contributed by atoms with Gasteiger partial charge in [0.15, 0.2) is 0 Å². The average molecular weight is 300 g/mol. The molecule has 1 N–H and O–H groups in total. The molecule has 0 amide bonds. The molecule has 0 aromatic heterocycles. The molecule has 0 aliphatic rings. The van der Waals surface area contributed by atoms with Crippen molar-refractivity contribution >= 4 is 0 Å². The van der Waals surface area contributed by atoms with E-state index in [4.69, 9.17) is 0 Å². The Labute approximate surface area is 126 Å². The van der Waals surface area contributed by atoms with Gasteiger partial charge >= 0.3 is 0 Å². The van der Waals surface area contributed by atoms with Gasteiger partial charge in [0.2, 0.25) is 0 Å². The summed E-state index contributed by atoms with van der Waals surface area (Å²) in [6, 6.07) is 3.20. The molecule has 0 radical (unpaired) electrons. The summed E-state index contributed by atoms with van der Waals surface area (Å²) < 4.78 is 26.3. The topological polar surface area (TPSA) is 26.7 Å². The number of halogens is 2. The molecule has 1 aromatic carbocycles. The van der Waals surface area contributed by atoms with Crippen LogP contribution in [-0.2, 0) is 0 Å². The van der Waals surface area contributed by atoms with E-state index in [-0.39, 0.29) is 0 Å². The second-order valence-electron chi connectivity index (χ2n) is 5.65. The Morgan fingerprint density at radius 3 is 2.14 bits per heavy atom. The van der Waals surface area contributed by atoms with Crippen LogP contribution in [-0.4, -0.2) is 55.2 Å². The quantitative estimate of drug-likeness (QED) is 0.759. The molecular formula is C16H26F2N2O. The lowest BCUT2D eigenvalue weighted by Crippen LogP contribution is -2.33. The molecule has 1 unspecified atom stereocenters. The summed E-state index contributed by atoms with van der Waals surface area (Å²) in [5.41, 5.74) is 0.302. The molecule has 0 spiro atoms. The first kappa shape index (κ1) is 18.0. The molecule has 0 bridgehead atoms. The molecule has 0 aliphatic carbocycles. The summed E-state index contributed by atoms with van der Waals surface area (Å²) >= 11 is 0. The Morgan fingerprint density at radius 1 is 1.00 bits per heavy atom. The largest absolute Gasteiger partial charge is 0.388 e. The van der Waals surface area contributed by atoms with Gasteiger partial charge in [0.05, 0.1) is 6.10 Å². The monoisotopic (exact) mass is 300 g/mol. The first-order valence-corrected chi connectivity index (χ1v) is 7.43. The maximum Gasteiger partial charge on any atom is 0.126 e. The predicted octanol–water partition coefficient (Wildman–Crippen LogP) is 2.66. The normalized spacial score (nSPS) is 13.1. The molecule has 3 nitrogen and oxygen atoms in total. The van der Waals surface area contributed by atoms with Gasteiger partial charge in [-0.05, 0) is 51.2 Å². The molecule has 0 fully saturated rings. The van der Waals surface area contributed by atoms with Gasteiger partial charge in [0.25, 0.3) is 0 Å². The minimum atomic E-state index is -0.839. The molecule has 21 heavy (non-hydrogen) atoms. The minimum Gasteiger partial charge on any atom is -0.388 e. The summed E-state index contributed by atoms with van der Waals surface area (Å²) in [6.45, 7) is 5.65. The summed E-state index contributed by atoms with van der Waals surface area (Å²) in [5.74, 6) is -1.30. The van der Waals surface area contributed by atoms with Gasteiger partial charge in [-0.1, -0.05) is 6.92 Å². The Kier molecular flexibility index (Phi) is 7.78. The second-order valence-corrected chi connectivity index (χ2v) is 5.65. The third-order valence-electron chi connectivity index (χ3n) is 3.39. The Morgan fingerprint density at radius 2 is 1.62 bits per heavy atom. The lowest BCUT2D eigenvalue weighted by Gasteiger charge is -2.24. The van der Waals surface area contributed by atoms with Gasteiger partial charge in [-0.25, -0.2) is 8.78 Å². The SMILES string of the molecule is CCCN(CCC(O)c1cc(F)cc(F)c1)CCN(C)C. The summed E-state index contributed by atoms with van der Waals surface area (Å²) in [5, 5.41) is 10.1. The van der Waals surface area contributed by atoms with Crippen molar-refractivity contribution in [3.05, 3.63) is 35.4 Å². The van der Waals surface area contributed by atoms with Gasteiger partial charge in [0.1, 0.15) is 11.6 Å². The maximum absolute atomic E-state index is 13.2. The van der Waals surface area contributed by atoms with Gasteiger partial charge in [-0.15, -0.1) is 0 Å². The van der Waals surface area contributed by atoms with E-state index >= 15 is 0 Å². The zero-order valence-corrected chi connectivity index (χ0v) is 13.1. The highest BCUT2D eigenvalue weighted by molar-refractivity contribution is 5.20. The minimum absolute atomic E-state index is 0.302. The molecule has 0 aliphatic heterocycles. The first-order chi connectivity index (χ1) is 9.92. The molecule has 1 rings (SSSR count). The highest BCUT2D eigenvalue weighted by atomic mass is 19.1. The van der Waals surface area contributed by atoms with E-state index in [9.17, 15) is 13.9 Å². The Bertz CT molecular complexity index is 406. The van der Waals surface area contributed by atoms with E-state index < -0.39 is 17.7 Å². The van der Waals surface area contributed by atoms with Crippen LogP contribution in [0.15, 0.2) is 18.2 Å². The van der Waals surface area contributed by atoms with Crippen LogP contribution in [0.5, 0.6) is 0 Å². The highest BCUT2D eigenvalue weighted by Gasteiger charge is 2.13. The molecule has 5 heteroatoms. The number of nitrogens with zero attached hydrogens (tertiary/aromatic N) is 2. The smallest absolute Gasteiger partial charge is 0.126 e. The third kappa shape index (κ3) is 6.98. The number of benzene rings is 1. The number of aliphatic hydroxyl groups excluding tert-OH is 1. The van der Waals surface area contributed by atoms with Crippen LogP contribution in [0.1, 0.15) is 31.4 Å². The fourth-order valence-corrected chi connectivity index (χ4v) is 2.23. The van der Waals surface area contributed by atoms with Crippen molar-refractivity contribution in [2.45, 2.75) is 25.9 Å². The second kappa shape index (κ2) is 9.07. The van der Waals surface area contributed by atoms with Gasteiger partial charge in [0, 0.05) is 25.7 Å². The highest BCUT2D eigenvalue weighted by Crippen LogP contribution is 2.19. The average Bonchev–Trinajstić information content (AvgIpc) is 2.40. The molecule has 0 saturated heterocycles. The van der Waals surface area contributed by atoms with Crippen LogP contribution in [0.3, 0.4) is 0 Å². The van der Waals surface area contributed by atoms with E-state index in [0.717, 1.165) is 32.1 Å².